The Morgan fingerprint density at radius 1 is 0.568 bits per heavy atom. The molecule has 0 saturated heterocycles. The average Bonchev–Trinajstić information content (AvgIpc) is 2.94. The highest BCUT2D eigenvalue weighted by atomic mass is 16.5. The average molecular weight is 493 g/mol. The van der Waals surface area contributed by atoms with Crippen LogP contribution in [-0.4, -0.2) is 24.4 Å². The Morgan fingerprint density at radius 2 is 0.919 bits per heavy atom. The molecule has 2 N–H and O–H groups in total. The van der Waals surface area contributed by atoms with E-state index in [1.165, 1.54) is 5.56 Å². The van der Waals surface area contributed by atoms with Crippen LogP contribution < -0.4 is 9.47 Å². The molecule has 0 amide bonds. The number of terminal acetylenes is 1. The molecular weight excluding hydrogens is 460 g/mol. The van der Waals surface area contributed by atoms with Crippen LogP contribution in [0.4, 0.5) is 0 Å². The van der Waals surface area contributed by atoms with E-state index in [1.54, 1.807) is 62.8 Å². The lowest BCUT2D eigenvalue weighted by Crippen LogP contribution is -1.87. The van der Waals surface area contributed by atoms with Gasteiger partial charge in [0, 0.05) is 16.7 Å². The monoisotopic (exact) mass is 492 g/mol. The standard InChI is InChI=1S/C15H12O2.C10H14O.C8H6O/c1-17-15-10-6-13(7-11-15)3-2-12-4-8-14(16)9-5-12;1-8(2)9-4-6-10(11-3)7-5-9;1-2-7-3-5-8(9)6-4-7/h4-11,16H,1H3;4-8H,1-3H3;1,3-6,9H. The molecule has 0 aliphatic heterocycles. The predicted octanol–water partition coefficient (Wildman–Crippen LogP) is 6.99. The van der Waals surface area contributed by atoms with Gasteiger partial charge in [-0.15, -0.1) is 6.42 Å². The van der Waals surface area contributed by atoms with Crippen LogP contribution in [0.25, 0.3) is 0 Å². The van der Waals surface area contributed by atoms with E-state index in [-0.39, 0.29) is 11.5 Å². The van der Waals surface area contributed by atoms with Gasteiger partial charge in [0.15, 0.2) is 0 Å². The summed E-state index contributed by atoms with van der Waals surface area (Å²) in [5.41, 5.74) is 3.94. The van der Waals surface area contributed by atoms with Crippen LogP contribution in [0.2, 0.25) is 0 Å². The Morgan fingerprint density at radius 3 is 1.27 bits per heavy atom. The van der Waals surface area contributed by atoms with Crippen molar-refractivity contribution in [1.82, 2.24) is 0 Å². The van der Waals surface area contributed by atoms with Gasteiger partial charge in [0.05, 0.1) is 14.2 Å². The van der Waals surface area contributed by atoms with Crippen LogP contribution in [0.3, 0.4) is 0 Å². The third-order valence-electron chi connectivity index (χ3n) is 5.12. The van der Waals surface area contributed by atoms with Crippen molar-refractivity contribution in [1.29, 1.82) is 0 Å². The molecule has 4 rings (SSSR count). The van der Waals surface area contributed by atoms with Crippen LogP contribution in [0.5, 0.6) is 23.0 Å². The lowest BCUT2D eigenvalue weighted by Gasteiger charge is -2.05. The topological polar surface area (TPSA) is 58.9 Å². The fourth-order valence-electron chi connectivity index (χ4n) is 2.91. The van der Waals surface area contributed by atoms with E-state index in [4.69, 9.17) is 26.1 Å². The predicted molar refractivity (Wildman–Crippen MR) is 150 cm³/mol. The largest absolute Gasteiger partial charge is 0.508 e. The molecule has 4 heteroatoms. The first-order chi connectivity index (χ1) is 17.8. The highest BCUT2D eigenvalue weighted by Gasteiger charge is 1.97. The third-order valence-corrected chi connectivity index (χ3v) is 5.12. The van der Waals surface area contributed by atoms with Crippen molar-refractivity contribution in [3.63, 3.8) is 0 Å². The van der Waals surface area contributed by atoms with Crippen LogP contribution in [0.15, 0.2) is 97.1 Å². The summed E-state index contributed by atoms with van der Waals surface area (Å²) in [6.45, 7) is 4.36. The number of ether oxygens (including phenoxy) is 2. The zero-order valence-electron chi connectivity index (χ0n) is 21.6. The molecule has 0 aliphatic rings. The number of phenols is 2. The maximum absolute atomic E-state index is 9.14. The Balaban J connectivity index is 0.000000208. The van der Waals surface area contributed by atoms with Crippen molar-refractivity contribution < 1.29 is 19.7 Å². The minimum atomic E-state index is 0.244. The molecule has 4 aromatic carbocycles. The summed E-state index contributed by atoms with van der Waals surface area (Å²) >= 11 is 0. The van der Waals surface area contributed by atoms with Crippen molar-refractivity contribution in [3.8, 4) is 47.2 Å². The summed E-state index contributed by atoms with van der Waals surface area (Å²) in [7, 11) is 3.32. The molecule has 0 bridgehead atoms. The van der Waals surface area contributed by atoms with E-state index in [9.17, 15) is 0 Å². The van der Waals surface area contributed by atoms with Gasteiger partial charge in [-0.2, -0.15) is 0 Å². The van der Waals surface area contributed by atoms with E-state index < -0.39 is 0 Å². The van der Waals surface area contributed by atoms with Gasteiger partial charge in [0.2, 0.25) is 0 Å². The summed E-state index contributed by atoms with van der Waals surface area (Å²) in [5, 5.41) is 17.9. The maximum Gasteiger partial charge on any atom is 0.118 e. The number of methoxy groups -OCH3 is 2. The van der Waals surface area contributed by atoms with Crippen molar-refractivity contribution in [2.75, 3.05) is 14.2 Å². The Bertz CT molecular complexity index is 1300. The first kappa shape index (κ1) is 28.4. The van der Waals surface area contributed by atoms with Gasteiger partial charge in [-0.05, 0) is 96.4 Å². The molecule has 188 valence electrons. The fourth-order valence-corrected chi connectivity index (χ4v) is 2.91. The Hall–Kier alpha value is -4.80. The van der Waals surface area contributed by atoms with Gasteiger partial charge in [-0.1, -0.05) is 43.7 Å². The Kier molecular flexibility index (Phi) is 11.7. The second-order valence-corrected chi connectivity index (χ2v) is 8.14. The maximum atomic E-state index is 9.14. The van der Waals surface area contributed by atoms with E-state index in [0.717, 1.165) is 28.2 Å². The molecule has 0 spiro atoms. The highest BCUT2D eigenvalue weighted by Crippen LogP contribution is 2.18. The lowest BCUT2D eigenvalue weighted by atomic mass is 10.0. The van der Waals surface area contributed by atoms with Crippen molar-refractivity contribution in [2.24, 2.45) is 0 Å². The number of aromatic hydroxyl groups is 2. The van der Waals surface area contributed by atoms with E-state index in [0.29, 0.717) is 5.92 Å². The second-order valence-electron chi connectivity index (χ2n) is 8.14. The van der Waals surface area contributed by atoms with E-state index in [1.807, 2.05) is 36.4 Å². The van der Waals surface area contributed by atoms with Gasteiger partial charge in [-0.3, -0.25) is 0 Å². The molecule has 0 radical (unpaired) electrons. The first-order valence-corrected chi connectivity index (χ1v) is 11.7. The van der Waals surface area contributed by atoms with Crippen LogP contribution >= 0.6 is 0 Å². The number of hydrogen-bond acceptors (Lipinski definition) is 4. The molecule has 4 aromatic rings. The van der Waals surface area contributed by atoms with Crippen LogP contribution in [-0.2, 0) is 0 Å². The summed E-state index contributed by atoms with van der Waals surface area (Å²) in [5.74, 6) is 11.3. The minimum Gasteiger partial charge on any atom is -0.508 e. The summed E-state index contributed by atoms with van der Waals surface area (Å²) < 4.78 is 10.1. The van der Waals surface area contributed by atoms with Gasteiger partial charge in [0.25, 0.3) is 0 Å². The molecule has 0 aliphatic carbocycles. The summed E-state index contributed by atoms with van der Waals surface area (Å²) in [6, 6.07) is 29.1. The van der Waals surface area contributed by atoms with Crippen molar-refractivity contribution in [2.45, 2.75) is 19.8 Å². The summed E-state index contributed by atoms with van der Waals surface area (Å²) in [4.78, 5) is 0. The molecule has 0 unspecified atom stereocenters. The number of rotatable bonds is 3. The first-order valence-electron chi connectivity index (χ1n) is 11.7. The molecule has 0 fully saturated rings. The molecular formula is C33H32O4. The van der Waals surface area contributed by atoms with Gasteiger partial charge in [-0.25, -0.2) is 0 Å². The van der Waals surface area contributed by atoms with Crippen molar-refractivity contribution in [3.05, 3.63) is 119 Å². The third kappa shape index (κ3) is 10.6. The number of hydrogen-bond donors (Lipinski definition) is 2. The SMILES string of the molecule is C#Cc1ccc(O)cc1.COc1ccc(C#Cc2ccc(O)cc2)cc1.COc1ccc(C(C)C)cc1. The smallest absolute Gasteiger partial charge is 0.118 e. The lowest BCUT2D eigenvalue weighted by molar-refractivity contribution is 0.414. The molecule has 0 atom stereocenters. The number of phenolic OH excluding ortho intramolecular Hbond substituents is 2. The van der Waals surface area contributed by atoms with Crippen molar-refractivity contribution >= 4 is 0 Å². The normalized spacial score (nSPS) is 9.30. The molecule has 0 heterocycles. The Labute approximate surface area is 220 Å². The number of benzene rings is 4. The highest BCUT2D eigenvalue weighted by molar-refractivity contribution is 5.45. The molecule has 0 aromatic heterocycles. The minimum absolute atomic E-state index is 0.244. The fraction of sp³-hybridized carbons (Fsp3) is 0.152. The van der Waals surface area contributed by atoms with Crippen LogP contribution in [0.1, 0.15) is 42.0 Å². The van der Waals surface area contributed by atoms with Gasteiger partial charge < -0.3 is 19.7 Å². The second kappa shape index (κ2) is 15.2. The molecule has 4 nitrogen and oxygen atoms in total. The van der Waals surface area contributed by atoms with Gasteiger partial charge in [0.1, 0.15) is 23.0 Å². The van der Waals surface area contributed by atoms with Gasteiger partial charge >= 0.3 is 0 Å². The van der Waals surface area contributed by atoms with E-state index >= 15 is 0 Å². The summed E-state index contributed by atoms with van der Waals surface area (Å²) in [6.07, 6.45) is 5.07. The quantitative estimate of drug-likeness (QED) is 0.303. The van der Waals surface area contributed by atoms with Crippen LogP contribution in [0, 0.1) is 24.2 Å². The zero-order valence-corrected chi connectivity index (χ0v) is 21.6. The molecule has 37 heavy (non-hydrogen) atoms. The zero-order chi connectivity index (χ0) is 27.0. The van der Waals surface area contributed by atoms with E-state index in [2.05, 4.69) is 43.7 Å². The molecule has 0 saturated carbocycles.